The lowest BCUT2D eigenvalue weighted by Gasteiger charge is -2.13. The van der Waals surface area contributed by atoms with Crippen molar-refractivity contribution in [3.8, 4) is 5.75 Å². The lowest BCUT2D eigenvalue weighted by molar-refractivity contribution is -0.140. The molecule has 0 radical (unpaired) electrons. The number of ether oxygens (including phenoxy) is 2. The zero-order chi connectivity index (χ0) is 22.2. The largest absolute Gasteiger partial charge is 0.491 e. The van der Waals surface area contributed by atoms with Crippen LogP contribution in [0, 0.1) is 5.82 Å². The Kier molecular flexibility index (Phi) is 12.8. The van der Waals surface area contributed by atoms with Gasteiger partial charge in [0.25, 0.3) is 0 Å². The van der Waals surface area contributed by atoms with Crippen LogP contribution in [0.5, 0.6) is 5.75 Å². The number of aliphatic hydroxyl groups excluding tert-OH is 3. The van der Waals surface area contributed by atoms with E-state index in [9.17, 15) is 24.5 Å². The molecule has 0 aliphatic heterocycles. The fourth-order valence-electron chi connectivity index (χ4n) is 2.25. The van der Waals surface area contributed by atoms with E-state index in [0.717, 1.165) is 0 Å². The Morgan fingerprint density at radius 1 is 1.00 bits per heavy atom. The number of benzene rings is 1. The molecule has 7 heteroatoms. The molecule has 0 amide bonds. The van der Waals surface area contributed by atoms with Crippen LogP contribution in [-0.2, 0) is 9.53 Å². The highest BCUT2D eigenvalue weighted by Gasteiger charge is 2.13. The van der Waals surface area contributed by atoms with Crippen molar-refractivity contribution < 1.29 is 34.0 Å². The first-order valence-electron chi connectivity index (χ1n) is 9.60. The van der Waals surface area contributed by atoms with E-state index in [4.69, 9.17) is 4.74 Å². The Labute approximate surface area is 176 Å². The van der Waals surface area contributed by atoms with Gasteiger partial charge in [0.2, 0.25) is 0 Å². The number of hydrogen-bond acceptors (Lipinski definition) is 6. The number of hydrogen-bond donors (Lipinski definition) is 3. The van der Waals surface area contributed by atoms with Crippen LogP contribution in [-0.4, -0.2) is 53.3 Å². The van der Waals surface area contributed by atoms with E-state index < -0.39 is 18.3 Å². The summed E-state index contributed by atoms with van der Waals surface area (Å²) in [4.78, 5) is 11.0. The molecule has 0 bridgehead atoms. The van der Waals surface area contributed by atoms with Crippen LogP contribution in [0.3, 0.4) is 0 Å². The topological polar surface area (TPSA) is 96.2 Å². The summed E-state index contributed by atoms with van der Waals surface area (Å²) in [5.41, 5.74) is 0. The number of carbonyl (C=O) groups excluding carboxylic acids is 1. The second-order valence-corrected chi connectivity index (χ2v) is 6.40. The molecule has 0 aliphatic rings. The van der Waals surface area contributed by atoms with Gasteiger partial charge in [-0.15, -0.1) is 0 Å². The molecular weight excluding hydrogens is 391 g/mol. The molecule has 1 aromatic carbocycles. The van der Waals surface area contributed by atoms with Gasteiger partial charge in [0.05, 0.1) is 19.3 Å². The van der Waals surface area contributed by atoms with E-state index in [-0.39, 0.29) is 24.8 Å². The monoisotopic (exact) mass is 420 g/mol. The number of esters is 1. The number of carbonyl (C=O) groups is 1. The predicted molar refractivity (Wildman–Crippen MR) is 112 cm³/mol. The molecule has 0 saturated heterocycles. The second-order valence-electron chi connectivity index (χ2n) is 6.40. The predicted octanol–water partition coefficient (Wildman–Crippen LogP) is 2.86. The Hall–Kier alpha value is -2.74. The van der Waals surface area contributed by atoms with Crippen LogP contribution in [0.25, 0.3) is 0 Å². The maximum Gasteiger partial charge on any atom is 0.305 e. The molecule has 0 fully saturated rings. The molecule has 6 nitrogen and oxygen atoms in total. The van der Waals surface area contributed by atoms with Crippen LogP contribution < -0.4 is 4.74 Å². The van der Waals surface area contributed by atoms with Crippen molar-refractivity contribution in [3.05, 3.63) is 78.7 Å². The van der Waals surface area contributed by atoms with E-state index >= 15 is 0 Å². The highest BCUT2D eigenvalue weighted by atomic mass is 19.1. The summed E-state index contributed by atoms with van der Waals surface area (Å²) in [5, 5.41) is 29.4. The minimum absolute atomic E-state index is 0.0500. The zero-order valence-corrected chi connectivity index (χ0v) is 16.9. The van der Waals surface area contributed by atoms with E-state index in [0.29, 0.717) is 18.6 Å². The molecular formula is C23H29FO6. The summed E-state index contributed by atoms with van der Waals surface area (Å²) in [6.45, 7) is 0.0500. The molecule has 0 aromatic heterocycles. The van der Waals surface area contributed by atoms with Crippen molar-refractivity contribution in [2.45, 2.75) is 37.6 Å². The van der Waals surface area contributed by atoms with Crippen LogP contribution in [0.1, 0.15) is 19.3 Å². The SMILES string of the molecule is COC(=O)CCC[C@H](O)[C@H](O)/C=C/C=C/C=C/C=C/[C@H](O)COc1ccc(F)cc1. The van der Waals surface area contributed by atoms with Crippen molar-refractivity contribution in [1.29, 1.82) is 0 Å². The van der Waals surface area contributed by atoms with Gasteiger partial charge in [-0.05, 0) is 37.1 Å². The van der Waals surface area contributed by atoms with Crippen LogP contribution in [0.4, 0.5) is 4.39 Å². The molecule has 3 N–H and O–H groups in total. The van der Waals surface area contributed by atoms with E-state index in [1.165, 1.54) is 37.5 Å². The number of methoxy groups -OCH3 is 1. The molecule has 3 atom stereocenters. The van der Waals surface area contributed by atoms with Gasteiger partial charge in [0.15, 0.2) is 0 Å². The number of aliphatic hydroxyl groups is 3. The Bertz CT molecular complexity index is 724. The third-order valence-corrected chi connectivity index (χ3v) is 3.93. The molecule has 1 rings (SSSR count). The number of allylic oxidation sites excluding steroid dienone is 6. The smallest absolute Gasteiger partial charge is 0.305 e. The highest BCUT2D eigenvalue weighted by molar-refractivity contribution is 5.68. The summed E-state index contributed by atoms with van der Waals surface area (Å²) in [5.74, 6) is -0.217. The van der Waals surface area contributed by atoms with Crippen molar-refractivity contribution in [3.63, 3.8) is 0 Å². The van der Waals surface area contributed by atoms with Crippen LogP contribution in [0.15, 0.2) is 72.9 Å². The van der Waals surface area contributed by atoms with Gasteiger partial charge in [0, 0.05) is 6.42 Å². The molecule has 0 unspecified atom stereocenters. The standard InChI is InChI=1S/C23H29FO6/c1-29-23(28)12-8-11-22(27)21(26)10-7-5-3-2-4-6-9-19(25)17-30-20-15-13-18(24)14-16-20/h2-7,9-10,13-16,19,21-22,25-27H,8,11-12,17H2,1H3/b4-2+,5-3+,9-6+,10-7+/t19-,21+,22-/m0/s1. The van der Waals surface area contributed by atoms with Gasteiger partial charge in [0.1, 0.15) is 24.3 Å². The van der Waals surface area contributed by atoms with Gasteiger partial charge in [-0.1, -0.05) is 48.6 Å². The first-order valence-corrected chi connectivity index (χ1v) is 9.60. The number of halogens is 1. The van der Waals surface area contributed by atoms with Crippen molar-refractivity contribution >= 4 is 5.97 Å². The summed E-state index contributed by atoms with van der Waals surface area (Å²) in [6, 6.07) is 5.54. The summed E-state index contributed by atoms with van der Waals surface area (Å²) >= 11 is 0. The molecule has 1 aromatic rings. The van der Waals surface area contributed by atoms with E-state index in [2.05, 4.69) is 4.74 Å². The van der Waals surface area contributed by atoms with E-state index in [1.54, 1.807) is 42.5 Å². The second kappa shape index (κ2) is 15.1. The van der Waals surface area contributed by atoms with Crippen molar-refractivity contribution in [1.82, 2.24) is 0 Å². The molecule has 0 aliphatic carbocycles. The van der Waals surface area contributed by atoms with Crippen molar-refractivity contribution in [2.24, 2.45) is 0 Å². The zero-order valence-electron chi connectivity index (χ0n) is 16.9. The average Bonchev–Trinajstić information content (AvgIpc) is 2.74. The first-order chi connectivity index (χ1) is 14.4. The van der Waals surface area contributed by atoms with Gasteiger partial charge < -0.3 is 24.8 Å². The number of rotatable bonds is 13. The van der Waals surface area contributed by atoms with Crippen molar-refractivity contribution in [2.75, 3.05) is 13.7 Å². The Balaban J connectivity index is 2.23. The lowest BCUT2D eigenvalue weighted by atomic mass is 10.1. The first kappa shape index (κ1) is 25.3. The van der Waals surface area contributed by atoms with Gasteiger partial charge in [-0.3, -0.25) is 4.79 Å². The van der Waals surface area contributed by atoms with Gasteiger partial charge in [-0.25, -0.2) is 4.39 Å². The minimum Gasteiger partial charge on any atom is -0.491 e. The third-order valence-electron chi connectivity index (χ3n) is 3.93. The fourth-order valence-corrected chi connectivity index (χ4v) is 2.25. The van der Waals surface area contributed by atoms with Gasteiger partial charge in [-0.2, -0.15) is 0 Å². The van der Waals surface area contributed by atoms with Crippen LogP contribution >= 0.6 is 0 Å². The Morgan fingerprint density at radius 2 is 1.60 bits per heavy atom. The maximum absolute atomic E-state index is 12.8. The quantitative estimate of drug-likeness (QED) is 0.335. The fraction of sp³-hybridized carbons (Fsp3) is 0.348. The van der Waals surface area contributed by atoms with Crippen LogP contribution in [0.2, 0.25) is 0 Å². The summed E-state index contributed by atoms with van der Waals surface area (Å²) in [7, 11) is 1.31. The Morgan fingerprint density at radius 3 is 2.23 bits per heavy atom. The lowest BCUT2D eigenvalue weighted by Crippen LogP contribution is -2.23. The maximum atomic E-state index is 12.8. The third kappa shape index (κ3) is 12.0. The average molecular weight is 420 g/mol. The minimum atomic E-state index is -1.02. The summed E-state index contributed by atoms with van der Waals surface area (Å²) < 4.78 is 22.6. The normalized spacial score (nSPS) is 15.2. The summed E-state index contributed by atoms with van der Waals surface area (Å²) in [6.07, 6.45) is 11.3. The highest BCUT2D eigenvalue weighted by Crippen LogP contribution is 2.11. The molecule has 30 heavy (non-hydrogen) atoms. The van der Waals surface area contributed by atoms with Gasteiger partial charge >= 0.3 is 5.97 Å². The molecule has 0 saturated carbocycles. The molecule has 0 heterocycles. The molecule has 0 spiro atoms. The van der Waals surface area contributed by atoms with E-state index in [1.807, 2.05) is 0 Å². The molecule has 164 valence electrons.